The average Bonchev–Trinajstić information content (AvgIpc) is 3.19. The van der Waals surface area contributed by atoms with E-state index in [0.717, 1.165) is 22.3 Å². The molecule has 8 heteroatoms. The van der Waals surface area contributed by atoms with Crippen LogP contribution in [0.15, 0.2) is 39.7 Å². The molecule has 0 spiro atoms. The Morgan fingerprint density at radius 2 is 2.11 bits per heavy atom. The predicted octanol–water partition coefficient (Wildman–Crippen LogP) is 2.81. The summed E-state index contributed by atoms with van der Waals surface area (Å²) in [5.74, 6) is 1.11. The number of H-pyrrole nitrogens is 2. The van der Waals surface area contributed by atoms with Gasteiger partial charge < -0.3 is 19.5 Å². The molecule has 138 valence electrons. The van der Waals surface area contributed by atoms with Gasteiger partial charge in [-0.05, 0) is 38.1 Å². The summed E-state index contributed by atoms with van der Waals surface area (Å²) in [6, 6.07) is 6.82. The van der Waals surface area contributed by atoms with Crippen molar-refractivity contribution in [3.05, 3.63) is 57.8 Å². The fourth-order valence-corrected chi connectivity index (χ4v) is 3.15. The number of aryl methyl sites for hydroxylation is 1. The third kappa shape index (κ3) is 2.95. The second-order valence-corrected chi connectivity index (χ2v) is 6.35. The molecule has 1 amide bonds. The number of nitrogens with one attached hydrogen (secondary N) is 3. The first kappa shape index (κ1) is 16.9. The summed E-state index contributed by atoms with van der Waals surface area (Å²) in [6.07, 6.45) is 1.42. The number of furan rings is 1. The van der Waals surface area contributed by atoms with Gasteiger partial charge in [0.15, 0.2) is 5.65 Å². The molecule has 0 aliphatic rings. The highest BCUT2D eigenvalue weighted by molar-refractivity contribution is 5.96. The van der Waals surface area contributed by atoms with Crippen LogP contribution in [0.2, 0.25) is 0 Å². The first-order chi connectivity index (χ1) is 13.0. The molecule has 0 radical (unpaired) electrons. The highest BCUT2D eigenvalue weighted by atomic mass is 16.5. The summed E-state index contributed by atoms with van der Waals surface area (Å²) in [7, 11) is 1.61. The highest BCUT2D eigenvalue weighted by Crippen LogP contribution is 2.32. The summed E-state index contributed by atoms with van der Waals surface area (Å²) in [5, 5.41) is 3.85. The number of pyridine rings is 1. The first-order valence-corrected chi connectivity index (χ1v) is 8.42. The monoisotopic (exact) mass is 366 g/mol. The number of amides is 1. The lowest BCUT2D eigenvalue weighted by atomic mass is 10.1. The Hall–Kier alpha value is -3.55. The Balaban J connectivity index is 1.61. The minimum atomic E-state index is -0.364. The zero-order valence-electron chi connectivity index (χ0n) is 15.0. The second-order valence-electron chi connectivity index (χ2n) is 6.35. The molecule has 4 aromatic rings. The number of benzene rings is 1. The van der Waals surface area contributed by atoms with E-state index in [0.29, 0.717) is 22.5 Å². The Morgan fingerprint density at radius 3 is 2.89 bits per heavy atom. The van der Waals surface area contributed by atoms with Crippen LogP contribution in [0.1, 0.15) is 34.6 Å². The number of ether oxygens (including phenoxy) is 1. The van der Waals surface area contributed by atoms with Gasteiger partial charge in [0.1, 0.15) is 17.1 Å². The van der Waals surface area contributed by atoms with Gasteiger partial charge in [-0.25, -0.2) is 9.78 Å². The van der Waals surface area contributed by atoms with Crippen molar-refractivity contribution in [1.29, 1.82) is 0 Å². The van der Waals surface area contributed by atoms with Gasteiger partial charge in [0.05, 0.1) is 24.2 Å². The first-order valence-electron chi connectivity index (χ1n) is 8.42. The van der Waals surface area contributed by atoms with Crippen molar-refractivity contribution in [2.24, 2.45) is 0 Å². The number of carbonyl (C=O) groups excluding carboxylic acids is 1. The third-order valence-corrected chi connectivity index (χ3v) is 4.55. The number of rotatable bonds is 4. The lowest BCUT2D eigenvalue weighted by Gasteiger charge is -2.12. The van der Waals surface area contributed by atoms with Crippen molar-refractivity contribution < 1.29 is 13.9 Å². The SMILES string of the molecule is COc1ccc2oc(C(C)NC(=O)c3cnc4[nH]c(=O)[nH]c4c3)c(C)c2c1. The van der Waals surface area contributed by atoms with Crippen LogP contribution in [-0.4, -0.2) is 28.0 Å². The smallest absolute Gasteiger partial charge is 0.325 e. The molecule has 1 unspecified atom stereocenters. The Labute approximate surface area is 153 Å². The minimum Gasteiger partial charge on any atom is -0.497 e. The molecule has 0 bridgehead atoms. The maximum atomic E-state index is 12.6. The van der Waals surface area contributed by atoms with Gasteiger partial charge in [-0.1, -0.05) is 0 Å². The number of nitrogens with zero attached hydrogens (tertiary/aromatic N) is 1. The van der Waals surface area contributed by atoms with E-state index in [2.05, 4.69) is 20.3 Å². The molecular formula is C19H18N4O4. The van der Waals surface area contributed by atoms with Crippen LogP contribution >= 0.6 is 0 Å². The summed E-state index contributed by atoms with van der Waals surface area (Å²) >= 11 is 0. The summed E-state index contributed by atoms with van der Waals surface area (Å²) < 4.78 is 11.2. The van der Waals surface area contributed by atoms with Gasteiger partial charge in [-0.15, -0.1) is 0 Å². The number of imidazole rings is 1. The number of aromatic nitrogens is 3. The molecule has 0 saturated carbocycles. The summed E-state index contributed by atoms with van der Waals surface area (Å²) in [6.45, 7) is 3.80. The van der Waals surface area contributed by atoms with Crippen molar-refractivity contribution in [2.45, 2.75) is 19.9 Å². The Morgan fingerprint density at radius 1 is 1.30 bits per heavy atom. The topological polar surface area (TPSA) is 113 Å². The van der Waals surface area contributed by atoms with Gasteiger partial charge >= 0.3 is 5.69 Å². The van der Waals surface area contributed by atoms with Crippen LogP contribution in [0.4, 0.5) is 0 Å². The zero-order chi connectivity index (χ0) is 19.1. The fraction of sp³-hybridized carbons (Fsp3) is 0.211. The minimum absolute atomic E-state index is 0.309. The molecule has 3 heterocycles. The molecule has 0 fully saturated rings. The third-order valence-electron chi connectivity index (χ3n) is 4.55. The number of fused-ring (bicyclic) bond motifs is 2. The van der Waals surface area contributed by atoms with E-state index in [4.69, 9.17) is 9.15 Å². The number of aromatic amines is 2. The van der Waals surface area contributed by atoms with Crippen LogP contribution in [0.25, 0.3) is 22.1 Å². The molecule has 3 N–H and O–H groups in total. The molecule has 0 aliphatic carbocycles. The van der Waals surface area contributed by atoms with Gasteiger partial charge in [0.2, 0.25) is 0 Å². The van der Waals surface area contributed by atoms with E-state index >= 15 is 0 Å². The van der Waals surface area contributed by atoms with Crippen LogP contribution in [0.3, 0.4) is 0 Å². The molecule has 0 saturated heterocycles. The lowest BCUT2D eigenvalue weighted by Crippen LogP contribution is -2.26. The maximum absolute atomic E-state index is 12.6. The highest BCUT2D eigenvalue weighted by Gasteiger charge is 2.20. The van der Waals surface area contributed by atoms with Crippen molar-refractivity contribution in [1.82, 2.24) is 20.3 Å². The second kappa shape index (κ2) is 6.31. The van der Waals surface area contributed by atoms with Crippen molar-refractivity contribution >= 4 is 28.0 Å². The van der Waals surface area contributed by atoms with Gasteiger partial charge in [-0.2, -0.15) is 0 Å². The normalized spacial score (nSPS) is 12.4. The van der Waals surface area contributed by atoms with Crippen LogP contribution in [-0.2, 0) is 0 Å². The Bertz CT molecular complexity index is 1220. The Kier molecular flexibility index (Phi) is 3.95. The van der Waals surface area contributed by atoms with Gasteiger partial charge in [0, 0.05) is 17.1 Å². The summed E-state index contributed by atoms with van der Waals surface area (Å²) in [4.78, 5) is 33.1. The zero-order valence-corrected chi connectivity index (χ0v) is 15.0. The molecular weight excluding hydrogens is 348 g/mol. The van der Waals surface area contributed by atoms with E-state index in [-0.39, 0.29) is 17.6 Å². The molecule has 3 aromatic heterocycles. The van der Waals surface area contributed by atoms with Crippen molar-refractivity contribution in [3.63, 3.8) is 0 Å². The van der Waals surface area contributed by atoms with E-state index in [9.17, 15) is 9.59 Å². The predicted molar refractivity (Wildman–Crippen MR) is 100 cm³/mol. The number of hydrogen-bond donors (Lipinski definition) is 3. The van der Waals surface area contributed by atoms with E-state index in [1.807, 2.05) is 32.0 Å². The molecule has 27 heavy (non-hydrogen) atoms. The average molecular weight is 366 g/mol. The maximum Gasteiger partial charge on any atom is 0.325 e. The van der Waals surface area contributed by atoms with E-state index in [1.165, 1.54) is 6.20 Å². The molecule has 0 aliphatic heterocycles. The molecule has 8 nitrogen and oxygen atoms in total. The fourth-order valence-electron chi connectivity index (χ4n) is 3.15. The number of hydrogen-bond acceptors (Lipinski definition) is 5. The van der Waals surface area contributed by atoms with Gasteiger partial charge in [0.25, 0.3) is 5.91 Å². The summed E-state index contributed by atoms with van der Waals surface area (Å²) in [5.41, 5.74) is 2.55. The number of methoxy groups -OCH3 is 1. The van der Waals surface area contributed by atoms with E-state index < -0.39 is 0 Å². The van der Waals surface area contributed by atoms with Gasteiger partial charge in [-0.3, -0.25) is 9.78 Å². The largest absolute Gasteiger partial charge is 0.497 e. The lowest BCUT2D eigenvalue weighted by molar-refractivity contribution is 0.0935. The standard InChI is InChI=1S/C19H18N4O4/c1-9-13-7-12(26-3)4-5-15(13)27-16(9)10(2)21-18(24)11-6-14-17(20-8-11)23-19(25)22-14/h4-8,10H,1-3H3,(H,21,24)(H2,20,22,23,25). The van der Waals surface area contributed by atoms with Crippen LogP contribution in [0, 0.1) is 6.92 Å². The van der Waals surface area contributed by atoms with Crippen molar-refractivity contribution in [2.75, 3.05) is 7.11 Å². The molecule has 1 atom stereocenters. The van der Waals surface area contributed by atoms with Crippen LogP contribution < -0.4 is 15.7 Å². The molecule has 4 rings (SSSR count). The van der Waals surface area contributed by atoms with E-state index in [1.54, 1.807) is 13.2 Å². The van der Waals surface area contributed by atoms with Crippen LogP contribution in [0.5, 0.6) is 5.75 Å². The van der Waals surface area contributed by atoms with Crippen molar-refractivity contribution in [3.8, 4) is 5.75 Å². The molecule has 1 aromatic carbocycles. The number of carbonyl (C=O) groups is 1. The quantitative estimate of drug-likeness (QED) is 0.514.